The molecule has 0 heterocycles. The van der Waals surface area contributed by atoms with Gasteiger partial charge in [-0.15, -0.1) is 0 Å². The highest BCUT2D eigenvalue weighted by molar-refractivity contribution is 5.80. The van der Waals surface area contributed by atoms with Crippen LogP contribution in [-0.4, -0.2) is 37.5 Å². The van der Waals surface area contributed by atoms with Gasteiger partial charge in [0.2, 0.25) is 5.91 Å². The fourth-order valence-electron chi connectivity index (χ4n) is 1.39. The third kappa shape index (κ3) is 5.72. The van der Waals surface area contributed by atoms with Gasteiger partial charge in [0, 0.05) is 27.1 Å². The average Bonchev–Trinajstić information content (AvgIpc) is 2.22. The predicted octanol–water partition coefficient (Wildman–Crippen LogP) is 1.38. The normalized spacial score (nSPS) is 13.0. The Morgan fingerprint density at radius 1 is 1.50 bits per heavy atom. The number of carbonyl (C=O) groups is 1. The van der Waals surface area contributed by atoms with Crippen LogP contribution in [0.2, 0.25) is 0 Å². The van der Waals surface area contributed by atoms with Crippen LogP contribution in [0.15, 0.2) is 0 Å². The van der Waals surface area contributed by atoms with Gasteiger partial charge in [0.1, 0.15) is 0 Å². The summed E-state index contributed by atoms with van der Waals surface area (Å²) < 4.78 is 0. The summed E-state index contributed by atoms with van der Waals surface area (Å²) in [6, 6.07) is 1.98. The second kappa shape index (κ2) is 6.49. The SMILES string of the molecule is CC(NCC(C)(C)CCC#N)C(=O)N(C)C. The maximum Gasteiger partial charge on any atom is 0.238 e. The van der Waals surface area contributed by atoms with Gasteiger partial charge in [-0.25, -0.2) is 0 Å². The molecular weight excluding hydrogens is 202 g/mol. The molecule has 0 radical (unpaired) electrons. The van der Waals surface area contributed by atoms with Crippen molar-refractivity contribution in [2.24, 2.45) is 5.41 Å². The van der Waals surface area contributed by atoms with Crippen LogP contribution in [0, 0.1) is 16.7 Å². The van der Waals surface area contributed by atoms with Gasteiger partial charge in [-0.1, -0.05) is 13.8 Å². The van der Waals surface area contributed by atoms with E-state index in [4.69, 9.17) is 5.26 Å². The zero-order valence-electron chi connectivity index (χ0n) is 11.0. The van der Waals surface area contributed by atoms with E-state index in [-0.39, 0.29) is 17.4 Å². The molecule has 1 atom stereocenters. The quantitative estimate of drug-likeness (QED) is 0.743. The molecule has 0 rings (SSSR count). The zero-order chi connectivity index (χ0) is 12.8. The topological polar surface area (TPSA) is 56.1 Å². The van der Waals surface area contributed by atoms with E-state index in [9.17, 15) is 4.79 Å². The summed E-state index contributed by atoms with van der Waals surface area (Å²) >= 11 is 0. The zero-order valence-corrected chi connectivity index (χ0v) is 11.0. The van der Waals surface area contributed by atoms with Crippen molar-refractivity contribution in [2.45, 2.75) is 39.7 Å². The van der Waals surface area contributed by atoms with E-state index in [0.717, 1.165) is 13.0 Å². The van der Waals surface area contributed by atoms with Crippen molar-refractivity contribution in [3.63, 3.8) is 0 Å². The standard InChI is InChI=1S/C12H23N3O/c1-10(11(16)15(4)5)14-9-12(2,3)7-6-8-13/h10,14H,6-7,9H2,1-5H3. The van der Waals surface area contributed by atoms with Crippen LogP contribution in [-0.2, 0) is 4.79 Å². The molecule has 0 fully saturated rings. The minimum atomic E-state index is -0.170. The van der Waals surface area contributed by atoms with Crippen LogP contribution in [0.3, 0.4) is 0 Å². The van der Waals surface area contributed by atoms with Gasteiger partial charge in [-0.3, -0.25) is 4.79 Å². The Morgan fingerprint density at radius 2 is 2.06 bits per heavy atom. The van der Waals surface area contributed by atoms with Crippen molar-refractivity contribution in [2.75, 3.05) is 20.6 Å². The fourth-order valence-corrected chi connectivity index (χ4v) is 1.39. The first-order valence-electron chi connectivity index (χ1n) is 5.61. The lowest BCUT2D eigenvalue weighted by molar-refractivity contribution is -0.130. The molecular formula is C12H23N3O. The molecule has 0 bridgehead atoms. The van der Waals surface area contributed by atoms with E-state index in [1.54, 1.807) is 19.0 Å². The molecule has 0 aliphatic carbocycles. The molecule has 16 heavy (non-hydrogen) atoms. The Bertz CT molecular complexity index is 266. The Labute approximate surface area is 98.6 Å². The molecule has 0 saturated carbocycles. The van der Waals surface area contributed by atoms with E-state index in [1.807, 2.05) is 6.92 Å². The summed E-state index contributed by atoms with van der Waals surface area (Å²) in [7, 11) is 3.50. The number of rotatable bonds is 6. The molecule has 0 aliphatic rings. The van der Waals surface area contributed by atoms with Crippen LogP contribution < -0.4 is 5.32 Å². The number of nitrogens with zero attached hydrogens (tertiary/aromatic N) is 2. The van der Waals surface area contributed by atoms with Gasteiger partial charge in [-0.05, 0) is 18.8 Å². The van der Waals surface area contributed by atoms with Gasteiger partial charge in [0.15, 0.2) is 0 Å². The number of likely N-dealkylation sites (N-methyl/N-ethyl adjacent to an activating group) is 1. The monoisotopic (exact) mass is 225 g/mol. The molecule has 4 nitrogen and oxygen atoms in total. The third-order valence-corrected chi connectivity index (χ3v) is 2.61. The summed E-state index contributed by atoms with van der Waals surface area (Å²) in [5.74, 6) is 0.0797. The highest BCUT2D eigenvalue weighted by atomic mass is 16.2. The van der Waals surface area contributed by atoms with Crippen molar-refractivity contribution in [1.82, 2.24) is 10.2 Å². The lowest BCUT2D eigenvalue weighted by atomic mass is 9.88. The van der Waals surface area contributed by atoms with Crippen LogP contribution >= 0.6 is 0 Å². The van der Waals surface area contributed by atoms with Gasteiger partial charge in [0.25, 0.3) is 0 Å². The second-order valence-electron chi connectivity index (χ2n) is 5.16. The summed E-state index contributed by atoms with van der Waals surface area (Å²) in [5, 5.41) is 11.7. The lowest BCUT2D eigenvalue weighted by Gasteiger charge is -2.27. The van der Waals surface area contributed by atoms with Crippen molar-refractivity contribution < 1.29 is 4.79 Å². The van der Waals surface area contributed by atoms with Crippen molar-refractivity contribution in [1.29, 1.82) is 5.26 Å². The third-order valence-electron chi connectivity index (χ3n) is 2.61. The van der Waals surface area contributed by atoms with Gasteiger partial charge >= 0.3 is 0 Å². The number of amides is 1. The molecule has 1 amide bonds. The Kier molecular flexibility index (Phi) is 6.05. The van der Waals surface area contributed by atoms with Crippen LogP contribution in [0.1, 0.15) is 33.6 Å². The Hall–Kier alpha value is -1.08. The molecule has 0 aromatic heterocycles. The van der Waals surface area contributed by atoms with Crippen LogP contribution in [0.5, 0.6) is 0 Å². The summed E-state index contributed by atoms with van der Waals surface area (Å²) in [4.78, 5) is 13.2. The Balaban J connectivity index is 4.04. The molecule has 0 aromatic rings. The summed E-state index contributed by atoms with van der Waals surface area (Å²) in [5.41, 5.74) is 0.0522. The minimum absolute atomic E-state index is 0.0522. The second-order valence-corrected chi connectivity index (χ2v) is 5.16. The van der Waals surface area contributed by atoms with Crippen LogP contribution in [0.4, 0.5) is 0 Å². The fraction of sp³-hybridized carbons (Fsp3) is 0.833. The first kappa shape index (κ1) is 14.9. The average molecular weight is 225 g/mol. The summed E-state index contributed by atoms with van der Waals surface area (Å²) in [6.07, 6.45) is 1.41. The van der Waals surface area contributed by atoms with E-state index in [0.29, 0.717) is 6.42 Å². The molecule has 0 saturated heterocycles. The number of nitrogens with one attached hydrogen (secondary N) is 1. The first-order chi connectivity index (χ1) is 7.30. The first-order valence-corrected chi connectivity index (χ1v) is 5.61. The van der Waals surface area contributed by atoms with Crippen LogP contribution in [0.25, 0.3) is 0 Å². The maximum absolute atomic E-state index is 11.6. The van der Waals surface area contributed by atoms with Crippen molar-refractivity contribution >= 4 is 5.91 Å². The van der Waals surface area contributed by atoms with Gasteiger partial charge in [0.05, 0.1) is 12.1 Å². The molecule has 4 heteroatoms. The maximum atomic E-state index is 11.6. The number of carbonyl (C=O) groups excluding carboxylic acids is 1. The largest absolute Gasteiger partial charge is 0.347 e. The molecule has 0 spiro atoms. The Morgan fingerprint density at radius 3 is 2.50 bits per heavy atom. The van der Waals surface area contributed by atoms with E-state index < -0.39 is 0 Å². The number of hydrogen-bond donors (Lipinski definition) is 1. The van der Waals surface area contributed by atoms with E-state index in [1.165, 1.54) is 0 Å². The highest BCUT2D eigenvalue weighted by Crippen LogP contribution is 2.20. The molecule has 1 unspecified atom stereocenters. The highest BCUT2D eigenvalue weighted by Gasteiger charge is 2.21. The molecule has 0 aromatic carbocycles. The van der Waals surface area contributed by atoms with Crippen molar-refractivity contribution in [3.05, 3.63) is 0 Å². The molecule has 92 valence electrons. The smallest absolute Gasteiger partial charge is 0.238 e. The van der Waals surface area contributed by atoms with Gasteiger partial charge < -0.3 is 10.2 Å². The van der Waals surface area contributed by atoms with Crippen molar-refractivity contribution in [3.8, 4) is 6.07 Å². The van der Waals surface area contributed by atoms with Gasteiger partial charge in [-0.2, -0.15) is 5.26 Å². The van der Waals surface area contributed by atoms with E-state index >= 15 is 0 Å². The lowest BCUT2D eigenvalue weighted by Crippen LogP contribution is -2.44. The summed E-state index contributed by atoms with van der Waals surface area (Å²) in [6.45, 7) is 6.81. The molecule has 0 aliphatic heterocycles. The number of hydrogen-bond acceptors (Lipinski definition) is 3. The predicted molar refractivity (Wildman–Crippen MR) is 64.8 cm³/mol. The molecule has 1 N–H and O–H groups in total. The number of nitriles is 1. The van der Waals surface area contributed by atoms with E-state index in [2.05, 4.69) is 25.2 Å². The minimum Gasteiger partial charge on any atom is -0.347 e.